The molecule has 0 unspecified atom stereocenters. The van der Waals surface area contributed by atoms with Crippen LogP contribution in [0.2, 0.25) is 0 Å². The Labute approximate surface area is 115 Å². The molecule has 110 valence electrons. The molecule has 5 N–H and O–H groups in total. The minimum absolute atomic E-state index is 0.120. The highest BCUT2D eigenvalue weighted by atomic mass is 16.3. The lowest BCUT2D eigenvalue weighted by Crippen LogP contribution is -2.41. The summed E-state index contributed by atoms with van der Waals surface area (Å²) in [6.07, 6.45) is 1.15. The second-order valence-corrected chi connectivity index (χ2v) is 5.89. The first-order valence-electron chi connectivity index (χ1n) is 6.84. The lowest BCUT2D eigenvalue weighted by Gasteiger charge is -2.31. The smallest absolute Gasteiger partial charge is 0.349 e. The second-order valence-electron chi connectivity index (χ2n) is 5.89. The number of aliphatic hydroxyl groups excluding tert-OH is 3. The standard InChI is InChI=1S/C13H19N3O4/c14-9-3-5-16(12(20)15-9)7-6-13(11(19)10(7)18)4-1-2-8(13)17/h3,5,7-8,10-11,17-19H,1-2,4,6H2,(H2,14,15,20)/t7-,8+,10+,11+,13-/m1/s1. The number of hydrogen-bond acceptors (Lipinski definition) is 6. The second kappa shape index (κ2) is 4.54. The van der Waals surface area contributed by atoms with Crippen LogP contribution in [0, 0.1) is 5.41 Å². The summed E-state index contributed by atoms with van der Waals surface area (Å²) in [5.41, 5.74) is 4.18. The van der Waals surface area contributed by atoms with Crippen molar-refractivity contribution in [3.8, 4) is 0 Å². The molecule has 20 heavy (non-hydrogen) atoms. The van der Waals surface area contributed by atoms with Crippen LogP contribution >= 0.6 is 0 Å². The highest BCUT2D eigenvalue weighted by Crippen LogP contribution is 2.54. The lowest BCUT2D eigenvalue weighted by atomic mass is 9.80. The van der Waals surface area contributed by atoms with Gasteiger partial charge in [-0.05, 0) is 25.3 Å². The van der Waals surface area contributed by atoms with Gasteiger partial charge in [0.1, 0.15) is 11.9 Å². The summed E-state index contributed by atoms with van der Waals surface area (Å²) in [5.74, 6) is 0.120. The van der Waals surface area contributed by atoms with Gasteiger partial charge in [0.2, 0.25) is 0 Å². The third-order valence-corrected chi connectivity index (χ3v) is 4.89. The normalized spacial score (nSPS) is 40.5. The number of aliphatic hydroxyl groups is 3. The summed E-state index contributed by atoms with van der Waals surface area (Å²) in [4.78, 5) is 15.5. The maximum absolute atomic E-state index is 11.9. The molecule has 0 radical (unpaired) electrons. The quantitative estimate of drug-likeness (QED) is 0.525. The third-order valence-electron chi connectivity index (χ3n) is 4.89. The zero-order chi connectivity index (χ0) is 14.5. The van der Waals surface area contributed by atoms with Gasteiger partial charge in [-0.2, -0.15) is 4.98 Å². The Bertz CT molecular complexity index is 575. The predicted molar refractivity (Wildman–Crippen MR) is 70.9 cm³/mol. The number of aromatic nitrogens is 2. The topological polar surface area (TPSA) is 122 Å². The van der Waals surface area contributed by atoms with E-state index in [4.69, 9.17) is 5.73 Å². The number of nitrogen functional groups attached to an aromatic ring is 1. The van der Waals surface area contributed by atoms with E-state index < -0.39 is 35.5 Å². The highest BCUT2D eigenvalue weighted by Gasteiger charge is 2.58. The molecular formula is C13H19N3O4. The van der Waals surface area contributed by atoms with Crippen molar-refractivity contribution in [3.05, 3.63) is 22.7 Å². The Morgan fingerprint density at radius 2 is 2.15 bits per heavy atom. The van der Waals surface area contributed by atoms with E-state index in [1.165, 1.54) is 16.8 Å². The molecule has 2 fully saturated rings. The molecule has 7 nitrogen and oxygen atoms in total. The van der Waals surface area contributed by atoms with Gasteiger partial charge < -0.3 is 21.1 Å². The van der Waals surface area contributed by atoms with E-state index in [1.54, 1.807) is 0 Å². The van der Waals surface area contributed by atoms with Crippen molar-refractivity contribution in [2.75, 3.05) is 5.73 Å². The molecule has 0 aromatic carbocycles. The van der Waals surface area contributed by atoms with E-state index in [2.05, 4.69) is 4.98 Å². The molecule has 2 aliphatic carbocycles. The van der Waals surface area contributed by atoms with Crippen molar-refractivity contribution in [1.29, 1.82) is 0 Å². The van der Waals surface area contributed by atoms with Crippen molar-refractivity contribution in [3.63, 3.8) is 0 Å². The minimum atomic E-state index is -1.09. The summed E-state index contributed by atoms with van der Waals surface area (Å²) in [7, 11) is 0. The van der Waals surface area contributed by atoms with Gasteiger partial charge in [-0.1, -0.05) is 6.42 Å². The largest absolute Gasteiger partial charge is 0.392 e. The molecule has 2 aliphatic rings. The Morgan fingerprint density at radius 1 is 1.40 bits per heavy atom. The van der Waals surface area contributed by atoms with Crippen molar-refractivity contribution in [1.82, 2.24) is 9.55 Å². The van der Waals surface area contributed by atoms with Crippen molar-refractivity contribution < 1.29 is 15.3 Å². The van der Waals surface area contributed by atoms with Gasteiger partial charge in [-0.15, -0.1) is 0 Å². The Morgan fingerprint density at radius 3 is 2.75 bits per heavy atom. The molecule has 0 amide bonds. The fraction of sp³-hybridized carbons (Fsp3) is 0.692. The molecular weight excluding hydrogens is 262 g/mol. The molecule has 3 rings (SSSR count). The molecule has 1 heterocycles. The molecule has 1 aromatic heterocycles. The average molecular weight is 281 g/mol. The van der Waals surface area contributed by atoms with Gasteiger partial charge in [0.15, 0.2) is 0 Å². The average Bonchev–Trinajstić information content (AvgIpc) is 2.88. The molecule has 0 aliphatic heterocycles. The third kappa shape index (κ3) is 1.77. The number of nitrogens with zero attached hydrogens (tertiary/aromatic N) is 2. The van der Waals surface area contributed by atoms with Crippen molar-refractivity contribution in [2.24, 2.45) is 5.41 Å². The molecule has 0 saturated heterocycles. The van der Waals surface area contributed by atoms with Crippen LogP contribution in [-0.4, -0.2) is 43.2 Å². The molecule has 2 saturated carbocycles. The van der Waals surface area contributed by atoms with E-state index in [-0.39, 0.29) is 5.82 Å². The van der Waals surface area contributed by atoms with Crippen LogP contribution in [0.1, 0.15) is 31.7 Å². The number of rotatable bonds is 1. The van der Waals surface area contributed by atoms with Crippen LogP contribution in [0.4, 0.5) is 5.82 Å². The van der Waals surface area contributed by atoms with Crippen LogP contribution in [-0.2, 0) is 0 Å². The zero-order valence-electron chi connectivity index (χ0n) is 11.0. The summed E-state index contributed by atoms with van der Waals surface area (Å²) in [5, 5.41) is 30.7. The summed E-state index contributed by atoms with van der Waals surface area (Å²) < 4.78 is 1.30. The predicted octanol–water partition coefficient (Wildman–Crippen LogP) is -0.977. The van der Waals surface area contributed by atoms with Crippen LogP contribution in [0.3, 0.4) is 0 Å². The maximum atomic E-state index is 11.9. The van der Waals surface area contributed by atoms with Crippen LogP contribution in [0.5, 0.6) is 0 Å². The Hall–Kier alpha value is -1.44. The van der Waals surface area contributed by atoms with Gasteiger partial charge in [0.05, 0.1) is 18.2 Å². The molecule has 0 bridgehead atoms. The Balaban J connectivity index is 1.98. The summed E-state index contributed by atoms with van der Waals surface area (Å²) in [6.45, 7) is 0. The van der Waals surface area contributed by atoms with Crippen LogP contribution in [0.25, 0.3) is 0 Å². The zero-order valence-corrected chi connectivity index (χ0v) is 11.0. The van der Waals surface area contributed by atoms with Gasteiger partial charge in [-0.25, -0.2) is 4.79 Å². The molecule has 1 spiro atoms. The first-order chi connectivity index (χ1) is 9.45. The lowest BCUT2D eigenvalue weighted by molar-refractivity contribution is -0.0695. The van der Waals surface area contributed by atoms with Gasteiger partial charge >= 0.3 is 5.69 Å². The van der Waals surface area contributed by atoms with E-state index in [9.17, 15) is 20.1 Å². The minimum Gasteiger partial charge on any atom is -0.392 e. The SMILES string of the molecule is Nc1ccn([C@@H]2C[C@@]3(CCC[C@@H]3O)[C@@H](O)[C@H]2O)c(=O)n1. The fourth-order valence-corrected chi connectivity index (χ4v) is 3.78. The van der Waals surface area contributed by atoms with E-state index in [0.29, 0.717) is 19.3 Å². The van der Waals surface area contributed by atoms with Crippen molar-refractivity contribution >= 4 is 5.82 Å². The van der Waals surface area contributed by atoms with Crippen molar-refractivity contribution in [2.45, 2.75) is 50.0 Å². The van der Waals surface area contributed by atoms with Gasteiger partial charge in [-0.3, -0.25) is 4.57 Å². The highest BCUT2D eigenvalue weighted by molar-refractivity contribution is 5.24. The number of nitrogens with two attached hydrogens (primary N) is 1. The summed E-state index contributed by atoms with van der Waals surface area (Å²) in [6, 6.07) is 0.898. The number of anilines is 1. The maximum Gasteiger partial charge on any atom is 0.349 e. The first kappa shape index (κ1) is 13.5. The van der Waals surface area contributed by atoms with Crippen LogP contribution in [0.15, 0.2) is 17.1 Å². The summed E-state index contributed by atoms with van der Waals surface area (Å²) >= 11 is 0. The van der Waals surface area contributed by atoms with E-state index in [0.717, 1.165) is 6.42 Å². The van der Waals surface area contributed by atoms with E-state index in [1.807, 2.05) is 0 Å². The van der Waals surface area contributed by atoms with Crippen LogP contribution < -0.4 is 11.4 Å². The van der Waals surface area contributed by atoms with Gasteiger partial charge in [0, 0.05) is 11.6 Å². The monoisotopic (exact) mass is 281 g/mol. The van der Waals surface area contributed by atoms with Gasteiger partial charge in [0.25, 0.3) is 0 Å². The fourth-order valence-electron chi connectivity index (χ4n) is 3.78. The molecule has 1 aromatic rings. The Kier molecular flexibility index (Phi) is 3.07. The first-order valence-corrected chi connectivity index (χ1v) is 6.84. The molecule has 7 heteroatoms. The molecule has 5 atom stereocenters. The van der Waals surface area contributed by atoms with E-state index >= 15 is 0 Å². The number of hydrogen-bond donors (Lipinski definition) is 4.